The predicted octanol–water partition coefficient (Wildman–Crippen LogP) is 9.68. The number of aliphatic imine (C=N–C) groups is 1. The van der Waals surface area contributed by atoms with Crippen molar-refractivity contribution in [2.24, 2.45) is 4.99 Å². The molecule has 0 fully saturated rings. The molecule has 0 saturated carbocycles. The van der Waals surface area contributed by atoms with Crippen LogP contribution in [-0.2, 0) is 33.8 Å². The lowest BCUT2D eigenvalue weighted by molar-refractivity contribution is -0.106. The number of aromatic nitrogens is 3. The summed E-state index contributed by atoms with van der Waals surface area (Å²) >= 11 is 0. The maximum Gasteiger partial charge on any atom is 0.116 e. The maximum absolute atomic E-state index is 8.81. The molecule has 2 N–H and O–H groups in total. The number of hydrogen-bond donors (Lipinski definition) is 2. The van der Waals surface area contributed by atoms with E-state index in [0.29, 0.717) is 0 Å². The van der Waals surface area contributed by atoms with Crippen LogP contribution in [0.5, 0.6) is 0 Å². The molecule has 0 aliphatic rings. The van der Waals surface area contributed by atoms with Gasteiger partial charge in [-0.05, 0) is 88.9 Å². The van der Waals surface area contributed by atoms with Crippen molar-refractivity contribution < 1.29 is 14.4 Å². The number of aryl methyl sites for hydroxylation is 4. The number of carbonyl (C=O) groups excluding carboxylic acids is 3. The molecule has 2 heterocycles. The molecule has 2 aromatic carbocycles. The Balaban J connectivity index is -0.000000113. The Kier molecular flexibility index (Phi) is 58.3. The number of hydrogen-bond acceptors (Lipinski definition) is 7. The summed E-state index contributed by atoms with van der Waals surface area (Å²) < 4.78 is 0. The summed E-state index contributed by atoms with van der Waals surface area (Å²) in [7, 11) is 3.75. The van der Waals surface area contributed by atoms with E-state index in [1.807, 2.05) is 83.7 Å². The fourth-order valence-electron chi connectivity index (χ4n) is 2.95. The molecular weight excluding hydrogens is 610 g/mol. The minimum atomic E-state index is 0. The molecule has 8 heteroatoms. The molecule has 4 rings (SSSR count). The molecule has 2 aromatic heterocycles. The van der Waals surface area contributed by atoms with E-state index < -0.39 is 0 Å². The minimum Gasteiger partial charge on any atom is -0.349 e. The topological polar surface area (TPSA) is 117 Å². The van der Waals surface area contributed by atoms with Gasteiger partial charge in [-0.1, -0.05) is 104 Å². The van der Waals surface area contributed by atoms with E-state index in [0.717, 1.165) is 43.9 Å². The van der Waals surface area contributed by atoms with Gasteiger partial charge in [0.25, 0.3) is 0 Å². The molecule has 4 aromatic rings. The Morgan fingerprint density at radius 2 is 1.24 bits per heavy atom. The van der Waals surface area contributed by atoms with Gasteiger partial charge in [0.2, 0.25) is 0 Å². The van der Waals surface area contributed by atoms with Crippen LogP contribution in [0, 0.1) is 13.8 Å². The summed E-state index contributed by atoms with van der Waals surface area (Å²) in [6.07, 6.45) is 11.5. The summed E-state index contributed by atoms with van der Waals surface area (Å²) in [6.45, 7) is 21.7. The highest BCUT2D eigenvalue weighted by atomic mass is 16.1. The fraction of sp³-hybridized carbons (Fsp3) is 0.415. The standard InChI is InChI=1S/C9H13N.C9H11N.C7H9N.C5H8N2.3C2H4O.2C2H6.CH4/c2*1-8-5-3-4-6-9(8)7-10-2;1-2-7-5-3-4-6-8-7;1-2-5-3-6-4-7-5;3*1-2-3;2*1-2;/h3-6,10H,7H2,1-2H3;3-7H,1-2H3;3-6H,2H2,1H3;3-4H,2H2,1H3,(H,6,7);3*2H,1H3;2*1-2H3;1H4. The Bertz CT molecular complexity index is 1200. The van der Waals surface area contributed by atoms with E-state index in [2.05, 4.69) is 89.4 Å². The first kappa shape index (κ1) is 56.8. The number of nitrogens with one attached hydrogen (secondary N) is 2. The van der Waals surface area contributed by atoms with Gasteiger partial charge >= 0.3 is 0 Å². The van der Waals surface area contributed by atoms with Crippen LogP contribution in [0.15, 0.2) is 90.4 Å². The van der Waals surface area contributed by atoms with Crippen molar-refractivity contribution in [3.8, 4) is 0 Å². The number of aromatic amines is 1. The van der Waals surface area contributed by atoms with E-state index >= 15 is 0 Å². The van der Waals surface area contributed by atoms with E-state index in [-0.39, 0.29) is 7.43 Å². The summed E-state index contributed by atoms with van der Waals surface area (Å²) in [5.41, 5.74) is 7.56. The Labute approximate surface area is 300 Å². The third-order valence-corrected chi connectivity index (χ3v) is 5.11. The lowest BCUT2D eigenvalue weighted by Crippen LogP contribution is -2.05. The third kappa shape index (κ3) is 41.4. The second-order valence-electron chi connectivity index (χ2n) is 8.51. The SMILES string of the molecule is C.CC.CC.CC=O.CC=O.CC=O.CCc1ccccn1.CCc1cnc[nH]1.CN=Cc1ccccc1C.CNCc1ccccc1C. The summed E-state index contributed by atoms with van der Waals surface area (Å²) in [5.74, 6) is 0. The van der Waals surface area contributed by atoms with Crippen LogP contribution in [0.4, 0.5) is 0 Å². The summed E-state index contributed by atoms with van der Waals surface area (Å²) in [5, 5.41) is 3.12. The van der Waals surface area contributed by atoms with Crippen LogP contribution in [0.25, 0.3) is 0 Å². The van der Waals surface area contributed by atoms with Gasteiger partial charge in [0.05, 0.1) is 6.33 Å². The molecule has 0 bridgehead atoms. The van der Waals surface area contributed by atoms with Crippen molar-refractivity contribution in [1.82, 2.24) is 20.3 Å². The van der Waals surface area contributed by atoms with E-state index in [9.17, 15) is 0 Å². The first-order chi connectivity index (χ1) is 23.3. The van der Waals surface area contributed by atoms with Crippen LogP contribution in [0.3, 0.4) is 0 Å². The number of pyridine rings is 1. The van der Waals surface area contributed by atoms with Crippen molar-refractivity contribution in [1.29, 1.82) is 0 Å². The molecule has 0 radical (unpaired) electrons. The third-order valence-electron chi connectivity index (χ3n) is 5.11. The van der Waals surface area contributed by atoms with Crippen LogP contribution in [-0.4, -0.2) is 54.1 Å². The number of imidazole rings is 1. The van der Waals surface area contributed by atoms with Gasteiger partial charge in [0.1, 0.15) is 18.9 Å². The average Bonchev–Trinajstić information content (AvgIpc) is 3.66. The second kappa shape index (κ2) is 50.3. The number of benzene rings is 2. The molecule has 8 nitrogen and oxygen atoms in total. The van der Waals surface area contributed by atoms with Crippen LogP contribution in [0.1, 0.15) is 103 Å². The predicted molar refractivity (Wildman–Crippen MR) is 215 cm³/mol. The quantitative estimate of drug-likeness (QED) is 0.160. The number of nitrogens with zero attached hydrogens (tertiary/aromatic N) is 3. The van der Waals surface area contributed by atoms with Gasteiger partial charge in [0.15, 0.2) is 0 Å². The Hall–Kier alpha value is -4.56. The largest absolute Gasteiger partial charge is 0.349 e. The first-order valence-corrected chi connectivity index (χ1v) is 16.5. The monoisotopic (exact) mass is 680 g/mol. The van der Waals surface area contributed by atoms with E-state index in [1.165, 1.54) is 48.7 Å². The number of H-pyrrole nitrogens is 1. The maximum atomic E-state index is 8.81. The molecule has 0 saturated heterocycles. The van der Waals surface area contributed by atoms with Gasteiger partial charge in [-0.15, -0.1) is 0 Å². The van der Waals surface area contributed by atoms with Crippen molar-refractivity contribution in [3.05, 3.63) is 119 Å². The molecule has 0 aliphatic heterocycles. The van der Waals surface area contributed by atoms with Crippen LogP contribution < -0.4 is 5.32 Å². The smallest absolute Gasteiger partial charge is 0.116 e. The van der Waals surface area contributed by atoms with Crippen molar-refractivity contribution >= 4 is 25.1 Å². The van der Waals surface area contributed by atoms with Crippen LogP contribution in [0.2, 0.25) is 0 Å². The fourth-order valence-corrected chi connectivity index (χ4v) is 2.95. The Morgan fingerprint density at radius 1 is 0.755 bits per heavy atom. The molecule has 49 heavy (non-hydrogen) atoms. The highest BCUT2D eigenvalue weighted by Gasteiger charge is 1.92. The van der Waals surface area contributed by atoms with Gasteiger partial charge in [-0.25, -0.2) is 4.98 Å². The molecule has 0 unspecified atom stereocenters. The normalized spacial score (nSPS) is 8.02. The van der Waals surface area contributed by atoms with Crippen molar-refractivity contribution in [3.63, 3.8) is 0 Å². The average molecular weight is 680 g/mol. The Morgan fingerprint density at radius 3 is 1.57 bits per heavy atom. The molecular formula is C41H69N5O3. The van der Waals surface area contributed by atoms with E-state index in [1.54, 1.807) is 13.4 Å². The highest BCUT2D eigenvalue weighted by Crippen LogP contribution is 2.05. The summed E-state index contributed by atoms with van der Waals surface area (Å²) in [6, 6.07) is 22.6. The zero-order chi connectivity index (χ0) is 37.8. The van der Waals surface area contributed by atoms with Gasteiger partial charge in [-0.3, -0.25) is 9.98 Å². The van der Waals surface area contributed by atoms with Gasteiger partial charge in [-0.2, -0.15) is 0 Å². The van der Waals surface area contributed by atoms with Gasteiger partial charge < -0.3 is 24.7 Å². The molecule has 0 amide bonds. The molecule has 0 aliphatic carbocycles. The highest BCUT2D eigenvalue weighted by molar-refractivity contribution is 5.81. The minimum absolute atomic E-state index is 0. The zero-order valence-electron chi connectivity index (χ0n) is 32.1. The van der Waals surface area contributed by atoms with Crippen molar-refractivity contribution in [2.75, 3.05) is 14.1 Å². The van der Waals surface area contributed by atoms with E-state index in [4.69, 9.17) is 14.4 Å². The van der Waals surface area contributed by atoms with Crippen LogP contribution >= 0.6 is 0 Å². The molecule has 0 atom stereocenters. The first-order valence-electron chi connectivity index (χ1n) is 16.5. The van der Waals surface area contributed by atoms with Crippen molar-refractivity contribution in [2.45, 2.75) is 103 Å². The molecule has 276 valence electrons. The summed E-state index contributed by atoms with van der Waals surface area (Å²) in [4.78, 5) is 41.3. The lowest BCUT2D eigenvalue weighted by Gasteiger charge is -2.02. The number of carbonyl (C=O) groups is 3. The number of aldehydes is 3. The lowest BCUT2D eigenvalue weighted by atomic mass is 10.1. The van der Waals surface area contributed by atoms with Gasteiger partial charge in [0, 0.05) is 43.6 Å². The second-order valence-corrected chi connectivity index (χ2v) is 8.51. The number of rotatable bonds is 5. The molecule has 0 spiro atoms. The zero-order valence-corrected chi connectivity index (χ0v) is 32.1.